The van der Waals surface area contributed by atoms with Gasteiger partial charge in [0.15, 0.2) is 0 Å². The fraction of sp³-hybridized carbons (Fsp3) is 0.636. The Morgan fingerprint density at radius 2 is 1.86 bits per heavy atom. The van der Waals surface area contributed by atoms with Gasteiger partial charge in [0.25, 0.3) is 0 Å². The summed E-state index contributed by atoms with van der Waals surface area (Å²) in [5.74, 6) is 0.446. The maximum absolute atomic E-state index is 13.0. The summed E-state index contributed by atoms with van der Waals surface area (Å²) in [5, 5.41) is 0. The predicted octanol–water partition coefficient (Wildman–Crippen LogP) is 1.92. The van der Waals surface area contributed by atoms with E-state index in [1.54, 1.807) is 0 Å². The average molecular weight is 387 g/mol. The topological polar surface area (TPSA) is 47.1 Å². The van der Waals surface area contributed by atoms with E-state index in [2.05, 4.69) is 4.90 Å². The molecule has 6 heteroatoms. The summed E-state index contributed by atoms with van der Waals surface area (Å²) in [6.45, 7) is 4.45. The average Bonchev–Trinajstić information content (AvgIpc) is 2.69. The number of piperidine rings is 2. The summed E-state index contributed by atoms with van der Waals surface area (Å²) in [7, 11) is 6.04. The Labute approximate surface area is 169 Å². The van der Waals surface area contributed by atoms with Crippen molar-refractivity contribution in [2.45, 2.75) is 25.7 Å². The summed E-state index contributed by atoms with van der Waals surface area (Å²) in [5.41, 5.74) is 1.13. The van der Waals surface area contributed by atoms with Crippen molar-refractivity contribution in [3.05, 3.63) is 30.3 Å². The highest BCUT2D eigenvalue weighted by atomic mass is 16.2. The van der Waals surface area contributed by atoms with Crippen LogP contribution in [0.3, 0.4) is 0 Å². The van der Waals surface area contributed by atoms with Crippen LogP contribution >= 0.6 is 0 Å². The quantitative estimate of drug-likeness (QED) is 0.749. The van der Waals surface area contributed by atoms with Crippen LogP contribution < -0.4 is 4.90 Å². The second-order valence-corrected chi connectivity index (χ2v) is 8.73. The fourth-order valence-corrected chi connectivity index (χ4v) is 4.46. The van der Waals surface area contributed by atoms with Crippen LogP contribution in [-0.2, 0) is 9.59 Å². The Kier molecular flexibility index (Phi) is 6.60. The third-order valence-electron chi connectivity index (χ3n) is 6.15. The normalized spacial score (nSPS) is 22.8. The van der Waals surface area contributed by atoms with E-state index in [0.29, 0.717) is 13.0 Å². The molecule has 2 amide bonds. The number of benzene rings is 1. The smallest absolute Gasteiger partial charge is 0.242 e. The molecule has 0 bridgehead atoms. The number of amides is 2. The lowest BCUT2D eigenvalue weighted by molar-refractivity contribution is -0.142. The minimum atomic E-state index is 0.0689. The van der Waals surface area contributed by atoms with Gasteiger partial charge in [-0.1, -0.05) is 18.2 Å². The number of nitrogens with zero attached hydrogens (tertiary/aromatic N) is 4. The molecule has 3 rings (SSSR count). The van der Waals surface area contributed by atoms with E-state index in [1.807, 2.05) is 66.2 Å². The molecule has 2 saturated heterocycles. The van der Waals surface area contributed by atoms with Crippen molar-refractivity contribution in [3.8, 4) is 0 Å². The maximum atomic E-state index is 13.0. The fourth-order valence-electron chi connectivity index (χ4n) is 4.46. The summed E-state index contributed by atoms with van der Waals surface area (Å²) < 4.78 is 0. The molecule has 1 atom stereocenters. The second-order valence-electron chi connectivity index (χ2n) is 8.73. The van der Waals surface area contributed by atoms with Crippen molar-refractivity contribution in [2.75, 3.05) is 65.3 Å². The highest BCUT2D eigenvalue weighted by molar-refractivity contribution is 5.82. The molecular weight excluding hydrogens is 352 g/mol. The number of likely N-dealkylation sites (tertiary alicyclic amines) is 2. The Hall–Kier alpha value is -2.08. The van der Waals surface area contributed by atoms with E-state index < -0.39 is 0 Å². The zero-order valence-corrected chi connectivity index (χ0v) is 17.6. The summed E-state index contributed by atoms with van der Waals surface area (Å²) in [4.78, 5) is 33.5. The first kappa shape index (κ1) is 20.6. The molecule has 1 aromatic rings. The van der Waals surface area contributed by atoms with Crippen LogP contribution in [0, 0.1) is 5.41 Å². The van der Waals surface area contributed by atoms with Gasteiger partial charge in [-0.15, -0.1) is 0 Å². The SMILES string of the molecule is CN(C)CCN1CC2(CCCN(C(=O)CN(C)c3ccccc3)C2)CCC1=O. The first-order valence-corrected chi connectivity index (χ1v) is 10.4. The number of carbonyl (C=O) groups excluding carboxylic acids is 2. The lowest BCUT2D eigenvalue weighted by Crippen LogP contribution is -2.56. The zero-order chi connectivity index (χ0) is 20.1. The van der Waals surface area contributed by atoms with E-state index in [-0.39, 0.29) is 17.2 Å². The van der Waals surface area contributed by atoms with Gasteiger partial charge >= 0.3 is 0 Å². The number of rotatable bonds is 6. The van der Waals surface area contributed by atoms with Crippen LogP contribution in [-0.4, -0.2) is 86.9 Å². The first-order valence-electron chi connectivity index (χ1n) is 10.4. The standard InChI is InChI=1S/C22H34N4O2/c1-23(2)14-15-26-18-22(12-10-20(26)27)11-7-13-25(17-22)21(28)16-24(3)19-8-5-4-6-9-19/h4-6,8-9H,7,10-18H2,1-3H3. The van der Waals surface area contributed by atoms with Gasteiger partial charge in [0.1, 0.15) is 0 Å². The molecule has 0 aliphatic carbocycles. The van der Waals surface area contributed by atoms with Crippen LogP contribution in [0.1, 0.15) is 25.7 Å². The van der Waals surface area contributed by atoms with Gasteiger partial charge in [-0.05, 0) is 45.5 Å². The molecule has 2 aliphatic heterocycles. The number of para-hydroxylation sites is 1. The Morgan fingerprint density at radius 3 is 2.57 bits per heavy atom. The van der Waals surface area contributed by atoms with E-state index >= 15 is 0 Å². The van der Waals surface area contributed by atoms with Crippen molar-refractivity contribution in [2.24, 2.45) is 5.41 Å². The van der Waals surface area contributed by atoms with E-state index in [0.717, 1.165) is 57.7 Å². The third-order valence-corrected chi connectivity index (χ3v) is 6.15. The van der Waals surface area contributed by atoms with E-state index in [4.69, 9.17) is 0 Å². The number of anilines is 1. The van der Waals surface area contributed by atoms with Crippen LogP contribution in [0.25, 0.3) is 0 Å². The lowest BCUT2D eigenvalue weighted by Gasteiger charge is -2.48. The molecule has 154 valence electrons. The first-order chi connectivity index (χ1) is 13.4. The molecule has 28 heavy (non-hydrogen) atoms. The molecule has 0 saturated carbocycles. The lowest BCUT2D eigenvalue weighted by atomic mass is 9.73. The molecule has 6 nitrogen and oxygen atoms in total. The zero-order valence-electron chi connectivity index (χ0n) is 17.6. The van der Waals surface area contributed by atoms with Gasteiger partial charge in [0.2, 0.25) is 11.8 Å². The number of hydrogen-bond donors (Lipinski definition) is 0. The van der Waals surface area contributed by atoms with Crippen LogP contribution in [0.15, 0.2) is 30.3 Å². The number of likely N-dealkylation sites (N-methyl/N-ethyl adjacent to an activating group) is 2. The molecule has 0 radical (unpaired) electrons. The van der Waals surface area contributed by atoms with Gasteiger partial charge < -0.3 is 19.6 Å². The minimum Gasteiger partial charge on any atom is -0.365 e. The summed E-state index contributed by atoms with van der Waals surface area (Å²) >= 11 is 0. The molecule has 2 fully saturated rings. The van der Waals surface area contributed by atoms with Gasteiger partial charge in [0.05, 0.1) is 6.54 Å². The van der Waals surface area contributed by atoms with Crippen molar-refractivity contribution in [3.63, 3.8) is 0 Å². The van der Waals surface area contributed by atoms with Crippen LogP contribution in [0.4, 0.5) is 5.69 Å². The van der Waals surface area contributed by atoms with Crippen molar-refractivity contribution in [1.82, 2.24) is 14.7 Å². The van der Waals surface area contributed by atoms with Gasteiger partial charge in [-0.2, -0.15) is 0 Å². The molecular formula is C22H34N4O2. The Balaban J connectivity index is 1.61. The van der Waals surface area contributed by atoms with Crippen molar-refractivity contribution >= 4 is 17.5 Å². The summed E-state index contributed by atoms with van der Waals surface area (Å²) in [6, 6.07) is 10.0. The molecule has 0 aromatic heterocycles. The molecule has 1 aromatic carbocycles. The Bertz CT molecular complexity index is 678. The van der Waals surface area contributed by atoms with Crippen LogP contribution in [0.2, 0.25) is 0 Å². The molecule has 1 spiro atoms. The number of hydrogen-bond acceptors (Lipinski definition) is 4. The molecule has 0 N–H and O–H groups in total. The molecule has 2 aliphatic rings. The van der Waals surface area contributed by atoms with Crippen molar-refractivity contribution < 1.29 is 9.59 Å². The van der Waals surface area contributed by atoms with Crippen LogP contribution in [0.5, 0.6) is 0 Å². The predicted molar refractivity (Wildman–Crippen MR) is 112 cm³/mol. The van der Waals surface area contributed by atoms with E-state index in [9.17, 15) is 9.59 Å². The van der Waals surface area contributed by atoms with Crippen molar-refractivity contribution in [1.29, 1.82) is 0 Å². The minimum absolute atomic E-state index is 0.0689. The largest absolute Gasteiger partial charge is 0.365 e. The number of carbonyl (C=O) groups is 2. The molecule has 1 unspecified atom stereocenters. The highest BCUT2D eigenvalue weighted by Gasteiger charge is 2.42. The van der Waals surface area contributed by atoms with Gasteiger partial charge in [0, 0.05) is 57.3 Å². The Morgan fingerprint density at radius 1 is 1.11 bits per heavy atom. The summed E-state index contributed by atoms with van der Waals surface area (Å²) in [6.07, 6.45) is 3.65. The maximum Gasteiger partial charge on any atom is 0.242 e. The molecule has 2 heterocycles. The second kappa shape index (κ2) is 8.95. The van der Waals surface area contributed by atoms with Gasteiger partial charge in [-0.3, -0.25) is 9.59 Å². The van der Waals surface area contributed by atoms with E-state index in [1.165, 1.54) is 0 Å². The third kappa shape index (κ3) is 5.04. The van der Waals surface area contributed by atoms with Gasteiger partial charge in [-0.25, -0.2) is 0 Å². The highest BCUT2D eigenvalue weighted by Crippen LogP contribution is 2.38. The monoisotopic (exact) mass is 386 g/mol.